The van der Waals surface area contributed by atoms with Crippen LogP contribution in [0.15, 0.2) is 59.3 Å². The van der Waals surface area contributed by atoms with E-state index in [2.05, 4.69) is 0 Å². The normalized spacial score (nSPS) is 24.4. The molecule has 21 heavy (non-hydrogen) atoms. The number of rotatable bonds is 5. The van der Waals surface area contributed by atoms with Gasteiger partial charge in [0.2, 0.25) is 0 Å². The van der Waals surface area contributed by atoms with Gasteiger partial charge >= 0.3 is 11.9 Å². The van der Waals surface area contributed by atoms with Gasteiger partial charge in [-0.1, -0.05) is 43.4 Å². The van der Waals surface area contributed by atoms with Gasteiger partial charge in [-0.05, 0) is 37.5 Å². The molecule has 0 spiro atoms. The first-order valence-electron chi connectivity index (χ1n) is 6.79. The predicted molar refractivity (Wildman–Crippen MR) is 81.9 cm³/mol. The number of carboxylic acid groups (broad SMARTS) is 2. The first-order valence-corrected chi connectivity index (χ1v) is 6.79. The van der Waals surface area contributed by atoms with E-state index in [9.17, 15) is 19.8 Å². The van der Waals surface area contributed by atoms with Crippen LogP contribution in [0.4, 0.5) is 0 Å². The molecular weight excluding hydrogens is 268 g/mol. The summed E-state index contributed by atoms with van der Waals surface area (Å²) in [5.41, 5.74) is -0.457. The molecule has 0 saturated carbocycles. The standard InChI is InChI=1S/C17H20O4/c1-4-6-9-12(8-5-2)14-13(15(18)19)10-7-11-17(14,3)16(20)21/h5-11H,4H2,1-3H3,(H,18,19)(H,20,21). The van der Waals surface area contributed by atoms with Crippen LogP contribution in [0.25, 0.3) is 0 Å². The zero-order valence-corrected chi connectivity index (χ0v) is 12.5. The Bertz CT molecular complexity index is 588. The van der Waals surface area contributed by atoms with Crippen molar-refractivity contribution in [3.05, 3.63) is 59.3 Å². The summed E-state index contributed by atoms with van der Waals surface area (Å²) >= 11 is 0. The van der Waals surface area contributed by atoms with Gasteiger partial charge in [-0.25, -0.2) is 4.79 Å². The van der Waals surface area contributed by atoms with E-state index in [1.54, 1.807) is 25.2 Å². The minimum Gasteiger partial charge on any atom is -0.480 e. The van der Waals surface area contributed by atoms with Gasteiger partial charge in [0.1, 0.15) is 5.41 Å². The minimum absolute atomic E-state index is 0.0104. The second-order valence-electron chi connectivity index (χ2n) is 4.89. The van der Waals surface area contributed by atoms with Gasteiger partial charge < -0.3 is 10.2 Å². The fourth-order valence-electron chi connectivity index (χ4n) is 2.24. The lowest BCUT2D eigenvalue weighted by atomic mass is 9.72. The summed E-state index contributed by atoms with van der Waals surface area (Å²) in [6.07, 6.45) is 12.4. The molecule has 112 valence electrons. The highest BCUT2D eigenvalue weighted by Gasteiger charge is 2.41. The Hall–Kier alpha value is -2.36. The van der Waals surface area contributed by atoms with Crippen LogP contribution in [0.1, 0.15) is 27.2 Å². The highest BCUT2D eigenvalue weighted by molar-refractivity contribution is 5.98. The Balaban J connectivity index is 3.69. The van der Waals surface area contributed by atoms with Crippen LogP contribution in [0.3, 0.4) is 0 Å². The maximum Gasteiger partial charge on any atom is 0.336 e. The molecule has 4 nitrogen and oxygen atoms in total. The Kier molecular flexibility index (Phi) is 5.47. The number of hydrogen-bond donors (Lipinski definition) is 2. The summed E-state index contributed by atoms with van der Waals surface area (Å²) in [4.78, 5) is 23.2. The van der Waals surface area contributed by atoms with E-state index in [-0.39, 0.29) is 5.57 Å². The van der Waals surface area contributed by atoms with Gasteiger partial charge in [-0.3, -0.25) is 4.79 Å². The molecule has 1 atom stereocenters. The van der Waals surface area contributed by atoms with E-state index < -0.39 is 17.4 Å². The van der Waals surface area contributed by atoms with E-state index in [1.165, 1.54) is 25.2 Å². The van der Waals surface area contributed by atoms with Crippen molar-refractivity contribution in [3.8, 4) is 0 Å². The molecule has 0 aromatic rings. The number of hydrogen-bond acceptors (Lipinski definition) is 2. The van der Waals surface area contributed by atoms with Crippen LogP contribution in [0.5, 0.6) is 0 Å². The zero-order valence-electron chi connectivity index (χ0n) is 12.5. The molecule has 0 amide bonds. The first kappa shape index (κ1) is 16.7. The van der Waals surface area contributed by atoms with Crippen molar-refractivity contribution in [3.63, 3.8) is 0 Å². The van der Waals surface area contributed by atoms with Crippen molar-refractivity contribution in [1.29, 1.82) is 0 Å². The van der Waals surface area contributed by atoms with Gasteiger partial charge in [0.15, 0.2) is 0 Å². The predicted octanol–water partition coefficient (Wildman–Crippen LogP) is 3.50. The number of carboxylic acids is 2. The van der Waals surface area contributed by atoms with E-state index in [0.29, 0.717) is 11.1 Å². The molecule has 1 unspecified atom stereocenters. The fraction of sp³-hybridized carbons (Fsp3) is 0.294. The average Bonchev–Trinajstić information content (AvgIpc) is 2.43. The Labute approximate surface area is 124 Å². The lowest BCUT2D eigenvalue weighted by Gasteiger charge is -2.29. The molecular formula is C17H20O4. The van der Waals surface area contributed by atoms with Crippen molar-refractivity contribution in [2.24, 2.45) is 5.41 Å². The van der Waals surface area contributed by atoms with Gasteiger partial charge in [0.25, 0.3) is 0 Å². The number of carbonyl (C=O) groups is 2. The molecule has 0 bridgehead atoms. The lowest BCUT2D eigenvalue weighted by Crippen LogP contribution is -2.32. The largest absolute Gasteiger partial charge is 0.480 e. The van der Waals surface area contributed by atoms with E-state index in [1.807, 2.05) is 13.0 Å². The topological polar surface area (TPSA) is 74.6 Å². The molecule has 0 saturated heterocycles. The first-order chi connectivity index (χ1) is 9.88. The van der Waals surface area contributed by atoms with Gasteiger partial charge in [-0.15, -0.1) is 0 Å². The highest BCUT2D eigenvalue weighted by Crippen LogP contribution is 2.40. The average molecular weight is 288 g/mol. The maximum absolute atomic E-state index is 11.7. The molecule has 1 aliphatic rings. The van der Waals surface area contributed by atoms with Crippen molar-refractivity contribution in [1.82, 2.24) is 0 Å². The Morgan fingerprint density at radius 1 is 1.29 bits per heavy atom. The van der Waals surface area contributed by atoms with Crippen LogP contribution in [-0.2, 0) is 9.59 Å². The third-order valence-corrected chi connectivity index (χ3v) is 3.32. The molecule has 0 radical (unpaired) electrons. The molecule has 2 N–H and O–H groups in total. The monoisotopic (exact) mass is 288 g/mol. The smallest absolute Gasteiger partial charge is 0.336 e. The van der Waals surface area contributed by atoms with Crippen molar-refractivity contribution in [2.75, 3.05) is 0 Å². The van der Waals surface area contributed by atoms with Crippen molar-refractivity contribution >= 4 is 11.9 Å². The Morgan fingerprint density at radius 2 is 1.95 bits per heavy atom. The summed E-state index contributed by atoms with van der Waals surface area (Å²) in [7, 11) is 0. The number of aliphatic carboxylic acids is 2. The minimum atomic E-state index is -1.37. The molecule has 0 aromatic carbocycles. The molecule has 4 heteroatoms. The summed E-state index contributed by atoms with van der Waals surface area (Å²) < 4.78 is 0. The zero-order chi connectivity index (χ0) is 16.0. The molecule has 0 aliphatic heterocycles. The van der Waals surface area contributed by atoms with Crippen molar-refractivity contribution < 1.29 is 19.8 Å². The second kappa shape index (κ2) is 6.88. The van der Waals surface area contributed by atoms with Gasteiger partial charge in [0.05, 0.1) is 5.57 Å². The van der Waals surface area contributed by atoms with Crippen LogP contribution in [-0.4, -0.2) is 22.2 Å². The fourth-order valence-corrected chi connectivity index (χ4v) is 2.24. The van der Waals surface area contributed by atoms with E-state index in [4.69, 9.17) is 0 Å². The third kappa shape index (κ3) is 3.40. The van der Waals surface area contributed by atoms with Gasteiger partial charge in [0, 0.05) is 0 Å². The van der Waals surface area contributed by atoms with Crippen LogP contribution in [0.2, 0.25) is 0 Å². The molecule has 1 aliphatic carbocycles. The van der Waals surface area contributed by atoms with Crippen LogP contribution < -0.4 is 0 Å². The quantitative estimate of drug-likeness (QED) is 0.812. The second-order valence-corrected chi connectivity index (χ2v) is 4.89. The van der Waals surface area contributed by atoms with Crippen molar-refractivity contribution in [2.45, 2.75) is 27.2 Å². The van der Waals surface area contributed by atoms with Crippen LogP contribution in [0, 0.1) is 5.41 Å². The van der Waals surface area contributed by atoms with Gasteiger partial charge in [-0.2, -0.15) is 0 Å². The summed E-state index contributed by atoms with van der Waals surface area (Å²) in [6.45, 7) is 5.28. The maximum atomic E-state index is 11.7. The summed E-state index contributed by atoms with van der Waals surface area (Å²) in [6, 6.07) is 0. The molecule has 0 aromatic heterocycles. The lowest BCUT2D eigenvalue weighted by molar-refractivity contribution is -0.143. The molecule has 0 heterocycles. The molecule has 1 rings (SSSR count). The summed E-state index contributed by atoms with van der Waals surface area (Å²) in [5, 5.41) is 18.9. The van der Waals surface area contributed by atoms with E-state index >= 15 is 0 Å². The Morgan fingerprint density at radius 3 is 2.43 bits per heavy atom. The molecule has 0 fully saturated rings. The number of allylic oxidation sites excluding steroid dienone is 7. The van der Waals surface area contributed by atoms with E-state index in [0.717, 1.165) is 6.42 Å². The summed E-state index contributed by atoms with van der Waals surface area (Å²) in [5.74, 6) is -2.21. The third-order valence-electron chi connectivity index (χ3n) is 3.32. The SMILES string of the molecule is CC=CC(C=CCC)=C1C(C(=O)O)=CC=CC1(C)C(=O)O. The van der Waals surface area contributed by atoms with Crippen LogP contribution >= 0.6 is 0 Å². The highest BCUT2D eigenvalue weighted by atomic mass is 16.4.